The molecule has 0 aliphatic rings. The fourth-order valence-corrected chi connectivity index (χ4v) is 1.62. The molecule has 2 rings (SSSR count). The Labute approximate surface area is 104 Å². The van der Waals surface area contributed by atoms with Crippen LogP contribution in [-0.4, -0.2) is 19.3 Å². The molecular formula is C12H14FN3O2. The van der Waals surface area contributed by atoms with Gasteiger partial charge in [0.15, 0.2) is 23.1 Å². The standard InChI is InChI=1S/C12H14FN3O2/c1-16(7-9-6-12(14)15-18-9)8-3-4-11(17-2)10(13)5-8/h3-6H,7H2,1-2H3,(H2,14,15). The van der Waals surface area contributed by atoms with Crippen molar-refractivity contribution in [2.75, 3.05) is 24.8 Å². The molecular weight excluding hydrogens is 237 g/mol. The molecule has 0 spiro atoms. The van der Waals surface area contributed by atoms with E-state index in [1.54, 1.807) is 18.2 Å². The predicted octanol–water partition coefficient (Wildman–Crippen LogP) is 2.04. The highest BCUT2D eigenvalue weighted by Gasteiger charge is 2.09. The van der Waals surface area contributed by atoms with Crippen LogP contribution in [0.2, 0.25) is 0 Å². The van der Waals surface area contributed by atoms with Gasteiger partial charge in [0.25, 0.3) is 0 Å². The van der Waals surface area contributed by atoms with Crippen LogP contribution in [0.25, 0.3) is 0 Å². The summed E-state index contributed by atoms with van der Waals surface area (Å²) in [6, 6.07) is 6.38. The first kappa shape index (κ1) is 12.2. The molecule has 1 aromatic carbocycles. The number of hydrogen-bond acceptors (Lipinski definition) is 5. The zero-order chi connectivity index (χ0) is 13.1. The van der Waals surface area contributed by atoms with Gasteiger partial charge in [0.05, 0.1) is 13.7 Å². The molecule has 18 heavy (non-hydrogen) atoms. The van der Waals surface area contributed by atoms with Gasteiger partial charge in [-0.3, -0.25) is 0 Å². The second kappa shape index (κ2) is 4.95. The van der Waals surface area contributed by atoms with Crippen molar-refractivity contribution in [3.63, 3.8) is 0 Å². The molecule has 0 bridgehead atoms. The number of ether oxygens (including phenoxy) is 1. The maximum atomic E-state index is 13.5. The van der Waals surface area contributed by atoms with Gasteiger partial charge in [-0.1, -0.05) is 5.16 Å². The van der Waals surface area contributed by atoms with Gasteiger partial charge in [0.1, 0.15) is 0 Å². The first-order valence-electron chi connectivity index (χ1n) is 5.36. The normalized spacial score (nSPS) is 10.4. The summed E-state index contributed by atoms with van der Waals surface area (Å²) in [7, 11) is 3.25. The number of methoxy groups -OCH3 is 1. The zero-order valence-corrected chi connectivity index (χ0v) is 10.2. The highest BCUT2D eigenvalue weighted by Crippen LogP contribution is 2.23. The van der Waals surface area contributed by atoms with E-state index in [0.717, 1.165) is 0 Å². The summed E-state index contributed by atoms with van der Waals surface area (Å²) >= 11 is 0. The Bertz CT molecular complexity index is 542. The Morgan fingerprint density at radius 1 is 1.44 bits per heavy atom. The molecule has 1 heterocycles. The largest absolute Gasteiger partial charge is 0.494 e. The molecule has 96 valence electrons. The fraction of sp³-hybridized carbons (Fsp3) is 0.250. The molecule has 0 fully saturated rings. The second-order valence-corrected chi connectivity index (χ2v) is 3.89. The van der Waals surface area contributed by atoms with Crippen LogP contribution < -0.4 is 15.4 Å². The summed E-state index contributed by atoms with van der Waals surface area (Å²) in [6.07, 6.45) is 0. The van der Waals surface area contributed by atoms with Crippen LogP contribution in [0.15, 0.2) is 28.8 Å². The van der Waals surface area contributed by atoms with Crippen LogP contribution in [0.4, 0.5) is 15.9 Å². The summed E-state index contributed by atoms with van der Waals surface area (Å²) in [6.45, 7) is 0.454. The van der Waals surface area contributed by atoms with Crippen molar-refractivity contribution in [2.24, 2.45) is 0 Å². The smallest absolute Gasteiger partial charge is 0.167 e. The molecule has 5 nitrogen and oxygen atoms in total. The van der Waals surface area contributed by atoms with E-state index in [0.29, 0.717) is 23.8 Å². The average molecular weight is 251 g/mol. The molecule has 0 radical (unpaired) electrons. The third kappa shape index (κ3) is 2.53. The first-order chi connectivity index (χ1) is 8.60. The highest BCUT2D eigenvalue weighted by molar-refractivity contribution is 5.49. The Balaban J connectivity index is 2.13. The Morgan fingerprint density at radius 3 is 2.78 bits per heavy atom. The second-order valence-electron chi connectivity index (χ2n) is 3.89. The quantitative estimate of drug-likeness (QED) is 0.900. The van der Waals surface area contributed by atoms with E-state index in [1.165, 1.54) is 13.2 Å². The van der Waals surface area contributed by atoms with E-state index >= 15 is 0 Å². The molecule has 0 saturated carbocycles. The van der Waals surface area contributed by atoms with Gasteiger partial charge in [-0.05, 0) is 12.1 Å². The topological polar surface area (TPSA) is 64.5 Å². The minimum Gasteiger partial charge on any atom is -0.494 e. The number of rotatable bonds is 4. The van der Waals surface area contributed by atoms with Crippen LogP contribution in [0.3, 0.4) is 0 Å². The summed E-state index contributed by atoms with van der Waals surface area (Å²) < 4.78 is 23.4. The molecule has 0 aliphatic carbocycles. The Morgan fingerprint density at radius 2 is 2.22 bits per heavy atom. The molecule has 0 unspecified atom stereocenters. The minimum absolute atomic E-state index is 0.219. The number of nitrogens with zero attached hydrogens (tertiary/aromatic N) is 2. The number of aromatic nitrogens is 1. The van der Waals surface area contributed by atoms with Crippen LogP contribution >= 0.6 is 0 Å². The Hall–Kier alpha value is -2.24. The zero-order valence-electron chi connectivity index (χ0n) is 10.2. The van der Waals surface area contributed by atoms with Gasteiger partial charge in [0, 0.05) is 24.9 Å². The minimum atomic E-state index is -0.404. The van der Waals surface area contributed by atoms with Crippen LogP contribution in [-0.2, 0) is 6.54 Å². The monoisotopic (exact) mass is 251 g/mol. The maximum absolute atomic E-state index is 13.5. The molecule has 2 N–H and O–H groups in total. The predicted molar refractivity (Wildman–Crippen MR) is 66.0 cm³/mol. The number of halogens is 1. The van der Waals surface area contributed by atoms with E-state index in [2.05, 4.69) is 5.16 Å². The maximum Gasteiger partial charge on any atom is 0.167 e. The Kier molecular flexibility index (Phi) is 3.36. The lowest BCUT2D eigenvalue weighted by molar-refractivity contribution is 0.384. The van der Waals surface area contributed by atoms with Crippen molar-refractivity contribution >= 4 is 11.5 Å². The lowest BCUT2D eigenvalue weighted by Crippen LogP contribution is -2.16. The fourth-order valence-electron chi connectivity index (χ4n) is 1.62. The van der Waals surface area contributed by atoms with E-state index in [1.807, 2.05) is 11.9 Å². The number of hydrogen-bond donors (Lipinski definition) is 1. The molecule has 0 saturated heterocycles. The van der Waals surface area contributed by atoms with E-state index in [4.69, 9.17) is 15.0 Å². The third-order valence-electron chi connectivity index (χ3n) is 2.55. The number of benzene rings is 1. The van der Waals surface area contributed by atoms with Crippen molar-refractivity contribution in [3.8, 4) is 5.75 Å². The molecule has 2 aromatic rings. The van der Waals surface area contributed by atoms with E-state index < -0.39 is 5.82 Å². The van der Waals surface area contributed by atoms with Gasteiger partial charge in [-0.25, -0.2) is 4.39 Å². The van der Waals surface area contributed by atoms with Gasteiger partial charge in [-0.15, -0.1) is 0 Å². The van der Waals surface area contributed by atoms with Gasteiger partial charge in [-0.2, -0.15) is 0 Å². The summed E-state index contributed by atoms with van der Waals surface area (Å²) in [5.74, 6) is 0.764. The van der Waals surface area contributed by atoms with Crippen molar-refractivity contribution in [1.29, 1.82) is 0 Å². The van der Waals surface area contributed by atoms with Gasteiger partial charge in [0.2, 0.25) is 0 Å². The molecule has 0 aliphatic heterocycles. The number of nitrogen functional groups attached to an aromatic ring is 1. The van der Waals surface area contributed by atoms with Crippen molar-refractivity contribution in [1.82, 2.24) is 5.16 Å². The third-order valence-corrected chi connectivity index (χ3v) is 2.55. The van der Waals surface area contributed by atoms with Gasteiger partial charge >= 0.3 is 0 Å². The summed E-state index contributed by atoms with van der Waals surface area (Å²) in [5, 5.41) is 3.59. The molecule has 0 amide bonds. The molecule has 6 heteroatoms. The lowest BCUT2D eigenvalue weighted by atomic mass is 10.2. The van der Waals surface area contributed by atoms with E-state index in [-0.39, 0.29) is 5.75 Å². The van der Waals surface area contributed by atoms with E-state index in [9.17, 15) is 4.39 Å². The van der Waals surface area contributed by atoms with Crippen molar-refractivity contribution in [2.45, 2.75) is 6.54 Å². The summed E-state index contributed by atoms with van der Waals surface area (Å²) in [4.78, 5) is 1.82. The molecule has 1 aromatic heterocycles. The van der Waals surface area contributed by atoms with Crippen LogP contribution in [0, 0.1) is 5.82 Å². The average Bonchev–Trinajstić information content (AvgIpc) is 2.74. The highest BCUT2D eigenvalue weighted by atomic mass is 19.1. The van der Waals surface area contributed by atoms with Crippen LogP contribution in [0.1, 0.15) is 5.76 Å². The van der Waals surface area contributed by atoms with Crippen molar-refractivity contribution in [3.05, 3.63) is 35.8 Å². The SMILES string of the molecule is COc1ccc(N(C)Cc2cc(N)no2)cc1F. The number of nitrogens with two attached hydrogens (primary N) is 1. The van der Waals surface area contributed by atoms with Crippen molar-refractivity contribution < 1.29 is 13.7 Å². The molecule has 0 atom stereocenters. The van der Waals surface area contributed by atoms with Crippen LogP contribution in [0.5, 0.6) is 5.75 Å². The van der Waals surface area contributed by atoms with Gasteiger partial charge < -0.3 is 19.9 Å². The summed E-state index contributed by atoms with van der Waals surface area (Å²) in [5.41, 5.74) is 6.17. The lowest BCUT2D eigenvalue weighted by Gasteiger charge is -2.18. The first-order valence-corrected chi connectivity index (χ1v) is 5.36. The number of anilines is 2.